The second kappa shape index (κ2) is 8.64. The molecule has 31 heavy (non-hydrogen) atoms. The highest BCUT2D eigenvalue weighted by Gasteiger charge is 2.46. The Morgan fingerprint density at radius 1 is 1.23 bits per heavy atom. The molecule has 2 heterocycles. The third-order valence-corrected chi connectivity index (χ3v) is 6.93. The van der Waals surface area contributed by atoms with Gasteiger partial charge in [-0.2, -0.15) is 0 Å². The van der Waals surface area contributed by atoms with Gasteiger partial charge in [0.15, 0.2) is 0 Å². The van der Waals surface area contributed by atoms with Crippen LogP contribution in [0.5, 0.6) is 0 Å². The van der Waals surface area contributed by atoms with Gasteiger partial charge in [-0.15, -0.1) is 0 Å². The molecule has 1 aromatic rings. The highest BCUT2D eigenvalue weighted by atomic mass is 16.2. The zero-order valence-corrected chi connectivity index (χ0v) is 17.7. The van der Waals surface area contributed by atoms with Crippen LogP contribution >= 0.6 is 0 Å². The monoisotopic (exact) mass is 427 g/mol. The number of nitrogens with zero attached hydrogens (tertiary/aromatic N) is 2. The van der Waals surface area contributed by atoms with Crippen molar-refractivity contribution in [3.63, 3.8) is 0 Å². The molecular weight excluding hydrogens is 396 g/mol. The van der Waals surface area contributed by atoms with E-state index >= 15 is 0 Å². The highest BCUT2D eigenvalue weighted by Crippen LogP contribution is 2.56. The topological polar surface area (TPSA) is 143 Å². The number of anilines is 1. The molecular formula is C22H31N6O3+. The zero-order chi connectivity index (χ0) is 22.0. The van der Waals surface area contributed by atoms with Crippen LogP contribution in [0.25, 0.3) is 0 Å². The van der Waals surface area contributed by atoms with Gasteiger partial charge in [-0.05, 0) is 56.4 Å². The minimum atomic E-state index is -0.743. The van der Waals surface area contributed by atoms with Crippen molar-refractivity contribution in [1.82, 2.24) is 15.2 Å². The van der Waals surface area contributed by atoms with E-state index in [0.717, 1.165) is 19.3 Å². The van der Waals surface area contributed by atoms with Crippen LogP contribution in [0.15, 0.2) is 18.5 Å². The molecule has 9 nitrogen and oxygen atoms in total. The minimum absolute atomic E-state index is 0.0267. The van der Waals surface area contributed by atoms with Gasteiger partial charge in [-0.1, -0.05) is 6.42 Å². The number of carbonyl (C=O) groups excluding carboxylic acids is 3. The van der Waals surface area contributed by atoms with Crippen molar-refractivity contribution in [3.8, 4) is 0 Å². The van der Waals surface area contributed by atoms with E-state index in [0.29, 0.717) is 29.6 Å². The van der Waals surface area contributed by atoms with Gasteiger partial charge in [-0.3, -0.25) is 19.4 Å². The Morgan fingerprint density at radius 3 is 2.77 bits per heavy atom. The van der Waals surface area contributed by atoms with E-state index in [1.54, 1.807) is 11.0 Å². The summed E-state index contributed by atoms with van der Waals surface area (Å²) in [6.45, 7) is 0.531. The standard InChI is InChI=1S/C22H30N6O3/c23-19(20(24)30)15-5-9-25-12-16(15)26-13-18(29)28-10-2-4-17(28)21(31)27-14-3-1-6-22(11-14)7-8-22/h5,9,12,14,17,23,26H,1-4,6-8,10-11,13H2,(H2,24,30)(H,27,31)/p+1/t14?,17-/m0/s1. The largest absolute Gasteiger partial charge is 0.374 e. The molecule has 0 aromatic carbocycles. The molecule has 1 saturated heterocycles. The van der Waals surface area contributed by atoms with Gasteiger partial charge < -0.3 is 21.3 Å². The van der Waals surface area contributed by atoms with E-state index in [-0.39, 0.29) is 30.1 Å². The molecule has 1 aliphatic heterocycles. The molecule has 3 fully saturated rings. The van der Waals surface area contributed by atoms with E-state index in [1.807, 2.05) is 0 Å². The number of pyridine rings is 1. The summed E-state index contributed by atoms with van der Waals surface area (Å²) in [5, 5.41) is 12.0. The van der Waals surface area contributed by atoms with Crippen LogP contribution < -0.4 is 21.8 Å². The first-order valence-electron chi connectivity index (χ1n) is 11.1. The fourth-order valence-corrected chi connectivity index (χ4v) is 5.01. The first kappa shape index (κ1) is 21.3. The van der Waals surface area contributed by atoms with Crippen LogP contribution in [0.2, 0.25) is 0 Å². The Balaban J connectivity index is 1.34. The lowest BCUT2D eigenvalue weighted by molar-refractivity contribution is -0.137. The number of carbonyl (C=O) groups is 3. The molecule has 0 bridgehead atoms. The maximum absolute atomic E-state index is 12.9. The van der Waals surface area contributed by atoms with Gasteiger partial charge in [0.1, 0.15) is 6.04 Å². The quantitative estimate of drug-likeness (QED) is 0.428. The Kier molecular flexibility index (Phi) is 5.93. The summed E-state index contributed by atoms with van der Waals surface area (Å²) in [5.74, 6) is -0.957. The van der Waals surface area contributed by atoms with Gasteiger partial charge in [0.25, 0.3) is 5.71 Å². The minimum Gasteiger partial charge on any atom is -0.374 e. The van der Waals surface area contributed by atoms with Crippen molar-refractivity contribution >= 4 is 29.1 Å². The summed E-state index contributed by atoms with van der Waals surface area (Å²) >= 11 is 0. The third-order valence-electron chi connectivity index (χ3n) is 6.93. The Hall–Kier alpha value is -2.97. The summed E-state index contributed by atoms with van der Waals surface area (Å²) in [4.78, 5) is 42.9. The second-order valence-corrected chi connectivity index (χ2v) is 9.10. The van der Waals surface area contributed by atoms with Crippen molar-refractivity contribution in [1.29, 1.82) is 0 Å². The highest BCUT2D eigenvalue weighted by molar-refractivity contribution is 6.43. The average molecular weight is 428 g/mol. The van der Waals surface area contributed by atoms with Crippen LogP contribution in [0.1, 0.15) is 56.9 Å². The first-order valence-corrected chi connectivity index (χ1v) is 11.1. The molecule has 1 aromatic heterocycles. The Labute approximate surface area is 181 Å². The number of hydrogen-bond donors (Lipinski definition) is 4. The average Bonchev–Trinajstić information content (AvgIpc) is 3.30. The fourth-order valence-electron chi connectivity index (χ4n) is 5.01. The lowest BCUT2D eigenvalue weighted by Gasteiger charge is -2.32. The molecule has 9 heteroatoms. The Bertz CT molecular complexity index is 897. The van der Waals surface area contributed by atoms with E-state index in [2.05, 4.69) is 15.6 Å². The smallest absolute Gasteiger partial charge is 0.313 e. The van der Waals surface area contributed by atoms with Crippen molar-refractivity contribution in [3.05, 3.63) is 24.0 Å². The summed E-state index contributed by atoms with van der Waals surface area (Å²) in [6, 6.07) is 1.36. The maximum Gasteiger partial charge on any atom is 0.313 e. The van der Waals surface area contributed by atoms with Crippen molar-refractivity contribution < 1.29 is 19.8 Å². The van der Waals surface area contributed by atoms with Gasteiger partial charge in [0.2, 0.25) is 11.8 Å². The molecule has 4 rings (SSSR count). The van der Waals surface area contributed by atoms with E-state index in [4.69, 9.17) is 11.1 Å². The lowest BCUT2D eigenvalue weighted by Crippen LogP contribution is -2.51. The number of nitrogens with one attached hydrogen (secondary N) is 2. The predicted octanol–water partition coefficient (Wildman–Crippen LogP) is -0.643. The molecule has 2 saturated carbocycles. The molecule has 0 radical (unpaired) electrons. The van der Waals surface area contributed by atoms with Crippen LogP contribution in [0.3, 0.4) is 0 Å². The van der Waals surface area contributed by atoms with E-state index in [9.17, 15) is 14.4 Å². The molecule has 1 spiro atoms. The number of primary amides is 1. The van der Waals surface area contributed by atoms with Crippen molar-refractivity contribution in [2.75, 3.05) is 18.4 Å². The fraction of sp³-hybridized carbons (Fsp3) is 0.591. The van der Waals surface area contributed by atoms with Gasteiger partial charge >= 0.3 is 5.91 Å². The number of likely N-dealkylation sites (tertiary alicyclic amines) is 1. The van der Waals surface area contributed by atoms with Gasteiger partial charge in [-0.25, -0.2) is 5.41 Å². The number of aromatic nitrogens is 1. The number of nitrogens with two attached hydrogens (primary N) is 2. The lowest BCUT2D eigenvalue weighted by atomic mass is 9.83. The van der Waals surface area contributed by atoms with Gasteiger partial charge in [0.05, 0.1) is 24.0 Å². The maximum atomic E-state index is 12.9. The molecule has 166 valence electrons. The first-order chi connectivity index (χ1) is 14.9. The summed E-state index contributed by atoms with van der Waals surface area (Å²) < 4.78 is 0. The molecule has 2 atom stereocenters. The van der Waals surface area contributed by atoms with E-state index < -0.39 is 11.9 Å². The summed E-state index contributed by atoms with van der Waals surface area (Å²) in [5.41, 5.74) is 6.50. The van der Waals surface area contributed by atoms with Crippen LogP contribution in [-0.4, -0.2) is 58.5 Å². The number of rotatable bonds is 7. The summed E-state index contributed by atoms with van der Waals surface area (Å²) in [6.07, 6.45) is 11.6. The molecule has 2 aliphatic carbocycles. The number of hydrogen-bond acceptors (Lipinski definition) is 5. The Morgan fingerprint density at radius 2 is 2.03 bits per heavy atom. The van der Waals surface area contributed by atoms with E-state index in [1.165, 1.54) is 38.1 Å². The number of amides is 3. The molecule has 1 unspecified atom stereocenters. The zero-order valence-electron chi connectivity index (χ0n) is 17.7. The van der Waals surface area contributed by atoms with Crippen LogP contribution in [-0.2, 0) is 14.4 Å². The molecule has 3 aliphatic rings. The molecule has 3 amide bonds. The SMILES string of the molecule is NC(=O)C(=[NH2+])c1ccncc1NCC(=O)N1CCC[C@H]1C(=O)NC1CCCC2(CC2)C1. The van der Waals surface area contributed by atoms with Crippen molar-refractivity contribution in [2.45, 2.75) is 63.5 Å². The van der Waals surface area contributed by atoms with Crippen molar-refractivity contribution in [2.24, 2.45) is 11.1 Å². The van der Waals surface area contributed by atoms with Gasteiger partial charge in [0, 0.05) is 18.8 Å². The van der Waals surface area contributed by atoms with Crippen LogP contribution in [0.4, 0.5) is 5.69 Å². The third kappa shape index (κ3) is 4.70. The normalized spacial score (nSPS) is 23.9. The summed E-state index contributed by atoms with van der Waals surface area (Å²) in [7, 11) is 0. The molecule has 6 N–H and O–H groups in total. The second-order valence-electron chi connectivity index (χ2n) is 9.10. The predicted molar refractivity (Wildman–Crippen MR) is 115 cm³/mol. The van der Waals surface area contributed by atoms with Crippen LogP contribution in [0, 0.1) is 5.41 Å².